The summed E-state index contributed by atoms with van der Waals surface area (Å²) in [5, 5.41) is 12.4. The number of hydrogen-bond donors (Lipinski definition) is 3. The van der Waals surface area contributed by atoms with Gasteiger partial charge in [0.15, 0.2) is 0 Å². The topological polar surface area (TPSA) is 58.3 Å². The van der Waals surface area contributed by atoms with Crippen molar-refractivity contribution in [3.63, 3.8) is 0 Å². The van der Waals surface area contributed by atoms with Crippen LogP contribution >= 0.6 is 0 Å². The van der Waals surface area contributed by atoms with Crippen molar-refractivity contribution in [1.82, 2.24) is 5.32 Å². The Labute approximate surface area is 93.4 Å². The first-order chi connectivity index (χ1) is 7.03. The maximum atomic E-state index is 8.81. The van der Waals surface area contributed by atoms with Gasteiger partial charge in [0.2, 0.25) is 0 Å². The minimum Gasteiger partial charge on any atom is -0.396 e. The summed E-state index contributed by atoms with van der Waals surface area (Å²) in [5.41, 5.74) is 6.16. The van der Waals surface area contributed by atoms with Gasteiger partial charge in [-0.2, -0.15) is 0 Å². The Bertz CT molecular complexity index is 182. The van der Waals surface area contributed by atoms with Gasteiger partial charge in [-0.25, -0.2) is 0 Å². The Morgan fingerprint density at radius 2 is 2.13 bits per heavy atom. The largest absolute Gasteiger partial charge is 0.396 e. The Morgan fingerprint density at radius 1 is 1.40 bits per heavy atom. The van der Waals surface area contributed by atoms with E-state index >= 15 is 0 Å². The molecule has 0 saturated heterocycles. The second-order valence-corrected chi connectivity index (χ2v) is 5.64. The maximum absolute atomic E-state index is 8.81. The summed E-state index contributed by atoms with van der Waals surface area (Å²) in [5.74, 6) is 0. The average Bonchev–Trinajstić information content (AvgIpc) is 2.59. The van der Waals surface area contributed by atoms with Crippen LogP contribution in [-0.2, 0) is 0 Å². The van der Waals surface area contributed by atoms with E-state index in [1.807, 2.05) is 0 Å². The van der Waals surface area contributed by atoms with Crippen LogP contribution in [0.5, 0.6) is 0 Å². The molecule has 1 aliphatic carbocycles. The third-order valence-electron chi connectivity index (χ3n) is 3.35. The summed E-state index contributed by atoms with van der Waals surface area (Å²) in [6, 6.07) is 1.02. The van der Waals surface area contributed by atoms with Crippen molar-refractivity contribution >= 4 is 0 Å². The third kappa shape index (κ3) is 4.96. The molecule has 1 saturated carbocycles. The molecule has 0 aromatic rings. The van der Waals surface area contributed by atoms with Crippen LogP contribution in [-0.4, -0.2) is 30.3 Å². The fourth-order valence-electron chi connectivity index (χ4n) is 2.27. The molecule has 0 aromatic heterocycles. The fraction of sp³-hybridized carbons (Fsp3) is 1.00. The van der Waals surface area contributed by atoms with Crippen molar-refractivity contribution in [2.45, 2.75) is 58.0 Å². The lowest BCUT2D eigenvalue weighted by molar-refractivity contribution is 0.231. The Kier molecular flexibility index (Phi) is 5.03. The summed E-state index contributed by atoms with van der Waals surface area (Å²) < 4.78 is 0. The van der Waals surface area contributed by atoms with Gasteiger partial charge < -0.3 is 16.2 Å². The molecular weight excluding hydrogens is 188 g/mol. The Balaban J connectivity index is 2.17. The highest BCUT2D eigenvalue weighted by atomic mass is 16.2. The van der Waals surface area contributed by atoms with E-state index in [4.69, 9.17) is 10.8 Å². The minimum absolute atomic E-state index is 0.287. The zero-order valence-electron chi connectivity index (χ0n) is 10.1. The standard InChI is InChI=1S/C12H26N2O/c1-12(2,6-3-7-15)9-14-11-5-4-10(13)8-11/h10-11,14-15H,3-9,13H2,1-2H3. The van der Waals surface area contributed by atoms with Crippen LogP contribution < -0.4 is 11.1 Å². The quantitative estimate of drug-likeness (QED) is 0.624. The molecule has 90 valence electrons. The Morgan fingerprint density at radius 3 is 2.67 bits per heavy atom. The second-order valence-electron chi connectivity index (χ2n) is 5.64. The predicted octanol–water partition coefficient (Wildman–Crippen LogP) is 1.25. The summed E-state index contributed by atoms with van der Waals surface area (Å²) in [6.07, 6.45) is 5.48. The van der Waals surface area contributed by atoms with Gasteiger partial charge in [-0.05, 0) is 37.5 Å². The molecule has 2 atom stereocenters. The van der Waals surface area contributed by atoms with Crippen molar-refractivity contribution in [3.05, 3.63) is 0 Å². The highest BCUT2D eigenvalue weighted by Gasteiger charge is 2.24. The van der Waals surface area contributed by atoms with Crippen LogP contribution in [0.4, 0.5) is 0 Å². The van der Waals surface area contributed by atoms with Gasteiger partial charge in [-0.1, -0.05) is 13.8 Å². The molecule has 15 heavy (non-hydrogen) atoms. The van der Waals surface area contributed by atoms with Crippen molar-refractivity contribution in [1.29, 1.82) is 0 Å². The molecule has 0 bridgehead atoms. The summed E-state index contributed by atoms with van der Waals surface area (Å²) in [6.45, 7) is 5.84. The molecule has 1 fully saturated rings. The zero-order valence-corrected chi connectivity index (χ0v) is 10.1. The van der Waals surface area contributed by atoms with Crippen molar-refractivity contribution in [3.8, 4) is 0 Å². The van der Waals surface area contributed by atoms with Crippen molar-refractivity contribution in [2.24, 2.45) is 11.1 Å². The second kappa shape index (κ2) is 5.83. The van der Waals surface area contributed by atoms with Crippen LogP contribution in [0.2, 0.25) is 0 Å². The minimum atomic E-state index is 0.287. The summed E-state index contributed by atoms with van der Waals surface area (Å²) in [7, 11) is 0. The molecule has 0 amide bonds. The number of aliphatic hydroxyl groups excluding tert-OH is 1. The molecule has 0 aliphatic heterocycles. The predicted molar refractivity (Wildman–Crippen MR) is 63.7 cm³/mol. The van der Waals surface area contributed by atoms with Crippen LogP contribution in [0.15, 0.2) is 0 Å². The lowest BCUT2D eigenvalue weighted by Gasteiger charge is -2.27. The number of nitrogens with two attached hydrogens (primary N) is 1. The van der Waals surface area contributed by atoms with Gasteiger partial charge in [0, 0.05) is 25.2 Å². The molecule has 0 radical (unpaired) electrons. The number of hydrogen-bond acceptors (Lipinski definition) is 3. The molecule has 1 rings (SSSR count). The molecule has 1 aliphatic rings. The Hall–Kier alpha value is -0.120. The first-order valence-corrected chi connectivity index (χ1v) is 6.13. The first kappa shape index (κ1) is 12.9. The molecule has 3 heteroatoms. The van der Waals surface area contributed by atoms with E-state index in [1.165, 1.54) is 6.42 Å². The number of rotatable bonds is 6. The lowest BCUT2D eigenvalue weighted by atomic mass is 9.87. The van der Waals surface area contributed by atoms with E-state index < -0.39 is 0 Å². The van der Waals surface area contributed by atoms with Crippen molar-refractivity contribution in [2.75, 3.05) is 13.2 Å². The van der Waals surface area contributed by atoms with E-state index in [0.717, 1.165) is 32.2 Å². The van der Waals surface area contributed by atoms with Crippen LogP contribution in [0.3, 0.4) is 0 Å². The van der Waals surface area contributed by atoms with E-state index in [9.17, 15) is 0 Å². The van der Waals surface area contributed by atoms with E-state index in [0.29, 0.717) is 18.7 Å². The van der Waals surface area contributed by atoms with Crippen molar-refractivity contribution < 1.29 is 5.11 Å². The molecule has 3 nitrogen and oxygen atoms in total. The van der Waals surface area contributed by atoms with Gasteiger partial charge in [0.1, 0.15) is 0 Å². The molecule has 0 heterocycles. The summed E-state index contributed by atoms with van der Waals surface area (Å²) in [4.78, 5) is 0. The van der Waals surface area contributed by atoms with E-state index in [-0.39, 0.29) is 5.41 Å². The maximum Gasteiger partial charge on any atom is 0.0431 e. The third-order valence-corrected chi connectivity index (χ3v) is 3.35. The number of nitrogens with one attached hydrogen (secondary N) is 1. The van der Waals surface area contributed by atoms with Gasteiger partial charge in [0.25, 0.3) is 0 Å². The average molecular weight is 214 g/mol. The summed E-state index contributed by atoms with van der Waals surface area (Å²) >= 11 is 0. The fourth-order valence-corrected chi connectivity index (χ4v) is 2.27. The highest BCUT2D eigenvalue weighted by molar-refractivity contribution is 4.84. The van der Waals surface area contributed by atoms with Crippen LogP contribution in [0.1, 0.15) is 46.0 Å². The SMILES string of the molecule is CC(C)(CCCO)CNC1CCC(N)C1. The molecule has 2 unspecified atom stereocenters. The zero-order chi connectivity index (χ0) is 11.3. The molecule has 0 spiro atoms. The monoisotopic (exact) mass is 214 g/mol. The van der Waals surface area contributed by atoms with E-state index in [1.54, 1.807) is 0 Å². The highest BCUT2D eigenvalue weighted by Crippen LogP contribution is 2.23. The lowest BCUT2D eigenvalue weighted by Crippen LogP contribution is -2.36. The van der Waals surface area contributed by atoms with E-state index in [2.05, 4.69) is 19.2 Å². The molecular formula is C12H26N2O. The van der Waals surface area contributed by atoms with Gasteiger partial charge in [0.05, 0.1) is 0 Å². The van der Waals surface area contributed by atoms with Gasteiger partial charge >= 0.3 is 0 Å². The number of aliphatic hydroxyl groups is 1. The smallest absolute Gasteiger partial charge is 0.0431 e. The van der Waals surface area contributed by atoms with Gasteiger partial charge in [-0.15, -0.1) is 0 Å². The van der Waals surface area contributed by atoms with Crippen LogP contribution in [0.25, 0.3) is 0 Å². The van der Waals surface area contributed by atoms with Crippen LogP contribution in [0, 0.1) is 5.41 Å². The first-order valence-electron chi connectivity index (χ1n) is 6.13. The van der Waals surface area contributed by atoms with Gasteiger partial charge in [-0.3, -0.25) is 0 Å². The normalized spacial score (nSPS) is 27.2. The molecule has 0 aromatic carbocycles. The molecule has 4 N–H and O–H groups in total.